The number of fused-ring (bicyclic) bond motifs is 2. The summed E-state index contributed by atoms with van der Waals surface area (Å²) in [5.41, 5.74) is 3.92. The van der Waals surface area contributed by atoms with Crippen LogP contribution < -0.4 is 16.1 Å². The van der Waals surface area contributed by atoms with Gasteiger partial charge >= 0.3 is 6.09 Å². The van der Waals surface area contributed by atoms with Crippen molar-refractivity contribution in [3.05, 3.63) is 23.8 Å². The van der Waals surface area contributed by atoms with E-state index in [4.69, 9.17) is 4.74 Å². The molecule has 3 unspecified atom stereocenters. The fourth-order valence-corrected chi connectivity index (χ4v) is 7.74. The molecule has 0 radical (unpaired) electrons. The molecular weight excluding hydrogens is 508 g/mol. The molecule has 4 aliphatic heterocycles. The van der Waals surface area contributed by atoms with E-state index in [1.807, 2.05) is 26.8 Å². The first kappa shape index (κ1) is 26.7. The molecule has 4 heterocycles. The van der Waals surface area contributed by atoms with Gasteiger partial charge in [0.1, 0.15) is 11.8 Å². The Bertz CT molecular complexity index is 1260. The second-order valence-corrected chi connectivity index (χ2v) is 13.8. The zero-order valence-corrected chi connectivity index (χ0v) is 22.9. The highest BCUT2D eigenvalue weighted by Gasteiger charge is 2.55. The van der Waals surface area contributed by atoms with Crippen molar-refractivity contribution in [2.45, 2.75) is 81.1 Å². The van der Waals surface area contributed by atoms with Gasteiger partial charge in [-0.1, -0.05) is 0 Å². The molecule has 38 heavy (non-hydrogen) atoms. The van der Waals surface area contributed by atoms with Crippen LogP contribution in [-0.4, -0.2) is 79.1 Å². The Kier molecular flexibility index (Phi) is 6.82. The van der Waals surface area contributed by atoms with Gasteiger partial charge in [0, 0.05) is 31.4 Å². The van der Waals surface area contributed by atoms with Crippen LogP contribution in [0.1, 0.15) is 52.0 Å². The number of benzene rings is 1. The van der Waals surface area contributed by atoms with Gasteiger partial charge in [-0.2, -0.15) is 5.26 Å². The Hall–Kier alpha value is -2.88. The van der Waals surface area contributed by atoms with E-state index in [-0.39, 0.29) is 30.2 Å². The van der Waals surface area contributed by atoms with Gasteiger partial charge < -0.3 is 20.3 Å². The van der Waals surface area contributed by atoms with Crippen LogP contribution in [0.25, 0.3) is 0 Å². The number of likely N-dealkylation sites (tertiary alicyclic amines) is 1. The first-order valence-corrected chi connectivity index (χ1v) is 14.9. The Balaban J connectivity index is 1.37. The number of sulfone groups is 1. The molecule has 5 rings (SSSR count). The molecule has 206 valence electrons. The van der Waals surface area contributed by atoms with E-state index in [0.717, 1.165) is 17.7 Å². The summed E-state index contributed by atoms with van der Waals surface area (Å²) in [6.45, 7) is 6.97. The normalized spacial score (nSPS) is 28.1. The second-order valence-electron chi connectivity index (χ2n) is 11.7. The van der Waals surface area contributed by atoms with Crippen molar-refractivity contribution in [3.8, 4) is 6.07 Å². The summed E-state index contributed by atoms with van der Waals surface area (Å²) in [6, 6.07) is 7.45. The quantitative estimate of drug-likeness (QED) is 0.516. The zero-order chi connectivity index (χ0) is 27.3. The number of hydrazine groups is 1. The van der Waals surface area contributed by atoms with E-state index < -0.39 is 33.1 Å². The molecule has 12 heteroatoms. The van der Waals surface area contributed by atoms with Gasteiger partial charge in [0.25, 0.3) is 0 Å². The third-order valence-corrected chi connectivity index (χ3v) is 9.86. The third-order valence-electron chi connectivity index (χ3n) is 8.05. The van der Waals surface area contributed by atoms with E-state index >= 15 is 0 Å². The number of nitrogens with one attached hydrogen (secondary N) is 3. The summed E-state index contributed by atoms with van der Waals surface area (Å²) >= 11 is 0. The van der Waals surface area contributed by atoms with Crippen LogP contribution in [0.2, 0.25) is 0 Å². The predicted molar refractivity (Wildman–Crippen MR) is 139 cm³/mol. The lowest BCUT2D eigenvalue weighted by atomic mass is 9.81. The van der Waals surface area contributed by atoms with E-state index in [9.17, 15) is 23.3 Å². The standard InChI is InChI=1S/C26H36N6O5S/c1-25(2,3)37-24(34)31-13-9-26(8-11-27,10-14-31)32-19-6-12-28-23(33)21(19)22(30-32)29-18-4-5-20-17(16-18)7-15-38(20,35)36/h4-5,16,19,21-22,29-30H,6-10,12-15H2,1-3H3,(H,28,33). The molecule has 2 amide bonds. The number of hydrogen-bond acceptors (Lipinski definition) is 9. The highest BCUT2D eigenvalue weighted by Crippen LogP contribution is 2.41. The lowest BCUT2D eigenvalue weighted by Crippen LogP contribution is -2.62. The van der Waals surface area contributed by atoms with Gasteiger partial charge in [0.05, 0.1) is 34.6 Å². The number of nitriles is 1. The fourth-order valence-electron chi connectivity index (χ4n) is 6.20. The molecule has 1 aromatic rings. The van der Waals surface area contributed by atoms with Crippen LogP contribution in [0.4, 0.5) is 10.5 Å². The van der Waals surface area contributed by atoms with Gasteiger partial charge in [-0.25, -0.2) is 23.6 Å². The lowest BCUT2D eigenvalue weighted by molar-refractivity contribution is -0.128. The molecule has 0 saturated carbocycles. The van der Waals surface area contributed by atoms with Crippen molar-refractivity contribution in [1.29, 1.82) is 5.26 Å². The number of carbonyl (C=O) groups is 2. The van der Waals surface area contributed by atoms with Gasteiger partial charge in [0.2, 0.25) is 5.91 Å². The van der Waals surface area contributed by atoms with E-state index in [1.165, 1.54) is 0 Å². The van der Waals surface area contributed by atoms with Crippen molar-refractivity contribution in [2.24, 2.45) is 5.92 Å². The molecule has 3 atom stereocenters. The predicted octanol–water partition coefficient (Wildman–Crippen LogP) is 1.76. The van der Waals surface area contributed by atoms with Crippen molar-refractivity contribution in [3.63, 3.8) is 0 Å². The fraction of sp³-hybridized carbons (Fsp3) is 0.654. The van der Waals surface area contributed by atoms with Crippen LogP contribution >= 0.6 is 0 Å². The Labute approximate surface area is 223 Å². The molecule has 3 saturated heterocycles. The molecule has 0 aliphatic carbocycles. The molecule has 0 aromatic heterocycles. The van der Waals surface area contributed by atoms with Crippen molar-refractivity contribution >= 4 is 27.5 Å². The second kappa shape index (κ2) is 9.70. The van der Waals surface area contributed by atoms with Gasteiger partial charge in [0.15, 0.2) is 9.84 Å². The molecule has 3 fully saturated rings. The van der Waals surface area contributed by atoms with Crippen LogP contribution in [0, 0.1) is 17.2 Å². The number of carbonyl (C=O) groups excluding carboxylic acids is 2. The highest BCUT2D eigenvalue weighted by molar-refractivity contribution is 7.91. The smallest absolute Gasteiger partial charge is 0.410 e. The maximum atomic E-state index is 13.1. The molecule has 4 aliphatic rings. The average molecular weight is 545 g/mol. The largest absolute Gasteiger partial charge is 0.444 e. The van der Waals surface area contributed by atoms with Crippen LogP contribution in [-0.2, 0) is 25.8 Å². The minimum absolute atomic E-state index is 0.0595. The third kappa shape index (κ3) is 4.95. The maximum Gasteiger partial charge on any atom is 0.410 e. The summed E-state index contributed by atoms with van der Waals surface area (Å²) in [7, 11) is -3.22. The number of ether oxygens (including phenoxy) is 1. The van der Waals surface area contributed by atoms with Crippen LogP contribution in [0.3, 0.4) is 0 Å². The Morgan fingerprint density at radius 1 is 1.29 bits per heavy atom. The number of aryl methyl sites for hydroxylation is 1. The van der Waals surface area contributed by atoms with Crippen molar-refractivity contribution in [2.75, 3.05) is 30.7 Å². The van der Waals surface area contributed by atoms with Crippen LogP contribution in [0.5, 0.6) is 0 Å². The summed E-state index contributed by atoms with van der Waals surface area (Å²) in [4.78, 5) is 27.8. The first-order chi connectivity index (χ1) is 17.9. The molecule has 11 nitrogen and oxygen atoms in total. The summed E-state index contributed by atoms with van der Waals surface area (Å²) in [6.07, 6.45) is 1.82. The first-order valence-electron chi connectivity index (χ1n) is 13.2. The minimum atomic E-state index is -3.22. The summed E-state index contributed by atoms with van der Waals surface area (Å²) in [5, 5.41) is 18.3. The summed E-state index contributed by atoms with van der Waals surface area (Å²) in [5.74, 6) is -0.346. The van der Waals surface area contributed by atoms with E-state index in [1.54, 1.807) is 17.0 Å². The zero-order valence-electron chi connectivity index (χ0n) is 22.1. The van der Waals surface area contributed by atoms with Crippen molar-refractivity contribution in [1.82, 2.24) is 20.7 Å². The molecule has 0 spiro atoms. The van der Waals surface area contributed by atoms with E-state index in [2.05, 4.69) is 27.1 Å². The number of hydrogen-bond donors (Lipinski definition) is 3. The molecule has 1 aromatic carbocycles. The number of anilines is 1. The SMILES string of the molecule is CC(C)(C)OC(=O)N1CCC(CC#N)(N2NC(Nc3ccc4c(c3)CCS4(=O)=O)C3C(=O)NCCC32)CC1. The van der Waals surface area contributed by atoms with E-state index in [0.29, 0.717) is 43.8 Å². The maximum absolute atomic E-state index is 13.1. The minimum Gasteiger partial charge on any atom is -0.444 e. The number of amides is 2. The number of piperidine rings is 2. The molecule has 0 bridgehead atoms. The van der Waals surface area contributed by atoms with Crippen LogP contribution in [0.15, 0.2) is 23.1 Å². The van der Waals surface area contributed by atoms with Gasteiger partial charge in [-0.3, -0.25) is 4.79 Å². The van der Waals surface area contributed by atoms with Gasteiger partial charge in [-0.05, 0) is 70.2 Å². The topological polar surface area (TPSA) is 144 Å². The molecular formula is C26H36N6O5S. The molecule has 3 N–H and O–H groups in total. The van der Waals surface area contributed by atoms with Crippen molar-refractivity contribution < 1.29 is 22.7 Å². The number of nitrogens with zero attached hydrogens (tertiary/aromatic N) is 3. The average Bonchev–Trinajstić information content (AvgIpc) is 3.36. The lowest BCUT2D eigenvalue weighted by Gasteiger charge is -2.48. The Morgan fingerprint density at radius 3 is 2.71 bits per heavy atom. The van der Waals surface area contributed by atoms with Gasteiger partial charge in [-0.15, -0.1) is 0 Å². The number of rotatable bonds is 4. The Morgan fingerprint density at radius 2 is 2.03 bits per heavy atom. The summed E-state index contributed by atoms with van der Waals surface area (Å²) < 4.78 is 30.0. The monoisotopic (exact) mass is 544 g/mol. The highest BCUT2D eigenvalue weighted by atomic mass is 32.2.